The van der Waals surface area contributed by atoms with E-state index in [-0.39, 0.29) is 10.7 Å². The van der Waals surface area contributed by atoms with E-state index in [1.54, 1.807) is 12.1 Å². The zero-order chi connectivity index (χ0) is 16.8. The highest BCUT2D eigenvalue weighted by molar-refractivity contribution is 7.80. The summed E-state index contributed by atoms with van der Waals surface area (Å²) in [4.78, 5) is 23.6. The average Bonchev–Trinajstić information content (AvgIpc) is 2.53. The molecule has 5 nitrogen and oxygen atoms in total. The third-order valence-corrected chi connectivity index (χ3v) is 3.17. The van der Waals surface area contributed by atoms with Crippen molar-refractivity contribution in [3.8, 4) is 0 Å². The Kier molecular flexibility index (Phi) is 5.61. The predicted molar refractivity (Wildman–Crippen MR) is 88.5 cm³/mol. The minimum absolute atomic E-state index is 0.109. The maximum Gasteiger partial charge on any atom is 0.269 e. The van der Waals surface area contributed by atoms with Gasteiger partial charge in [0.05, 0.1) is 0 Å². The molecule has 0 heterocycles. The summed E-state index contributed by atoms with van der Waals surface area (Å²) in [5.41, 5.74) is 5.18. The quantitative estimate of drug-likeness (QED) is 0.574. The number of carbonyl (C=O) groups is 2. The van der Waals surface area contributed by atoms with Gasteiger partial charge in [0.15, 0.2) is 5.11 Å². The Morgan fingerprint density at radius 1 is 0.957 bits per heavy atom. The number of thiocarbonyl (C=S) groups is 1. The van der Waals surface area contributed by atoms with Crippen LogP contribution in [0.4, 0.5) is 4.39 Å². The zero-order valence-electron chi connectivity index (χ0n) is 11.6. The number of hydrogen-bond acceptors (Lipinski definition) is 3. The second-order valence-corrected chi connectivity index (χ2v) is 5.22. The normalized spacial score (nSPS) is 9.83. The van der Waals surface area contributed by atoms with Crippen molar-refractivity contribution in [2.45, 2.75) is 0 Å². The van der Waals surface area contributed by atoms with E-state index in [2.05, 4.69) is 16.2 Å². The summed E-state index contributed by atoms with van der Waals surface area (Å²) >= 11 is 10.6. The summed E-state index contributed by atoms with van der Waals surface area (Å²) in [5, 5.41) is 2.70. The first-order valence-corrected chi connectivity index (χ1v) is 7.17. The van der Waals surface area contributed by atoms with Crippen molar-refractivity contribution in [3.05, 3.63) is 70.5 Å². The topological polar surface area (TPSA) is 70.2 Å². The highest BCUT2D eigenvalue weighted by Crippen LogP contribution is 2.09. The van der Waals surface area contributed by atoms with Crippen LogP contribution in [0.3, 0.4) is 0 Å². The van der Waals surface area contributed by atoms with Gasteiger partial charge >= 0.3 is 0 Å². The van der Waals surface area contributed by atoms with Crippen LogP contribution in [-0.2, 0) is 0 Å². The van der Waals surface area contributed by atoms with Crippen LogP contribution in [0.15, 0.2) is 48.5 Å². The lowest BCUT2D eigenvalue weighted by atomic mass is 10.2. The van der Waals surface area contributed by atoms with Gasteiger partial charge in [-0.2, -0.15) is 0 Å². The first kappa shape index (κ1) is 16.9. The lowest BCUT2D eigenvalue weighted by Crippen LogP contribution is -2.48. The van der Waals surface area contributed by atoms with Crippen LogP contribution in [-0.4, -0.2) is 16.9 Å². The van der Waals surface area contributed by atoms with Gasteiger partial charge in [0, 0.05) is 16.1 Å². The fraction of sp³-hybridized carbons (Fsp3) is 0. The molecule has 0 aliphatic rings. The third kappa shape index (κ3) is 5.01. The molecule has 0 unspecified atom stereocenters. The lowest BCUT2D eigenvalue weighted by Gasteiger charge is -2.11. The summed E-state index contributed by atoms with van der Waals surface area (Å²) in [7, 11) is 0. The Morgan fingerprint density at radius 3 is 2.30 bits per heavy atom. The first-order chi connectivity index (χ1) is 11.0. The molecule has 0 aliphatic heterocycles. The molecular weight excluding hydrogens is 341 g/mol. The van der Waals surface area contributed by atoms with E-state index in [9.17, 15) is 14.0 Å². The average molecular weight is 352 g/mol. The molecule has 0 spiro atoms. The number of nitrogens with one attached hydrogen (secondary N) is 3. The molecule has 0 atom stereocenters. The molecule has 0 aromatic heterocycles. The van der Waals surface area contributed by atoms with E-state index in [1.807, 2.05) is 0 Å². The van der Waals surface area contributed by atoms with Crippen LogP contribution in [0, 0.1) is 5.82 Å². The number of carbonyl (C=O) groups excluding carboxylic acids is 2. The maximum absolute atomic E-state index is 13.0. The third-order valence-electron chi connectivity index (χ3n) is 2.71. The van der Waals surface area contributed by atoms with E-state index in [1.165, 1.54) is 30.3 Å². The second kappa shape index (κ2) is 7.66. The van der Waals surface area contributed by atoms with Crippen molar-refractivity contribution < 1.29 is 14.0 Å². The Bertz CT molecular complexity index is 753. The van der Waals surface area contributed by atoms with E-state index >= 15 is 0 Å². The number of hydrazine groups is 1. The second-order valence-electron chi connectivity index (χ2n) is 4.38. The Hall–Kier alpha value is -2.51. The van der Waals surface area contributed by atoms with Gasteiger partial charge in [0.2, 0.25) is 0 Å². The molecule has 0 aliphatic carbocycles. The summed E-state index contributed by atoms with van der Waals surface area (Å²) in [5.74, 6) is -1.58. The molecule has 2 aromatic rings. The Morgan fingerprint density at radius 2 is 1.65 bits per heavy atom. The van der Waals surface area contributed by atoms with Gasteiger partial charge in [0.1, 0.15) is 5.82 Å². The molecule has 0 fully saturated rings. The van der Waals surface area contributed by atoms with Crippen molar-refractivity contribution in [2.24, 2.45) is 0 Å². The van der Waals surface area contributed by atoms with Gasteiger partial charge in [-0.3, -0.25) is 25.8 Å². The van der Waals surface area contributed by atoms with Gasteiger partial charge in [-0.1, -0.05) is 17.7 Å². The summed E-state index contributed by atoms with van der Waals surface area (Å²) in [6, 6.07) is 11.3. The molecule has 3 N–H and O–H groups in total. The van der Waals surface area contributed by atoms with Crippen LogP contribution in [0.5, 0.6) is 0 Å². The molecule has 2 amide bonds. The van der Waals surface area contributed by atoms with Crippen molar-refractivity contribution >= 4 is 40.7 Å². The number of benzene rings is 2. The molecular formula is C15H11ClFN3O2S. The van der Waals surface area contributed by atoms with Crippen LogP contribution >= 0.6 is 23.8 Å². The van der Waals surface area contributed by atoms with Crippen LogP contribution in [0.2, 0.25) is 5.02 Å². The fourth-order valence-electron chi connectivity index (χ4n) is 1.62. The predicted octanol–water partition coefficient (Wildman–Crippen LogP) is 2.43. The van der Waals surface area contributed by atoms with E-state index in [4.69, 9.17) is 23.8 Å². The molecule has 0 saturated heterocycles. The van der Waals surface area contributed by atoms with E-state index in [0.717, 1.165) is 6.07 Å². The first-order valence-electron chi connectivity index (χ1n) is 6.38. The van der Waals surface area contributed by atoms with Crippen LogP contribution in [0.1, 0.15) is 20.7 Å². The standard InChI is InChI=1S/C15H11ClFN3O2S/c16-11-6-4-9(5-7-11)14(22)19-20-15(23)18-13(21)10-2-1-3-12(17)8-10/h1-8H,(H,19,22)(H2,18,20,21,23). The number of halogens is 2. The van der Waals surface area contributed by atoms with Gasteiger partial charge in [0.25, 0.3) is 11.8 Å². The molecule has 118 valence electrons. The minimum Gasteiger partial charge on any atom is -0.298 e. The molecule has 2 rings (SSSR count). The highest BCUT2D eigenvalue weighted by Gasteiger charge is 2.10. The smallest absolute Gasteiger partial charge is 0.269 e. The number of rotatable bonds is 2. The Balaban J connectivity index is 1.86. The summed E-state index contributed by atoms with van der Waals surface area (Å²) in [6.45, 7) is 0. The zero-order valence-corrected chi connectivity index (χ0v) is 13.2. The van der Waals surface area contributed by atoms with Crippen molar-refractivity contribution in [3.63, 3.8) is 0 Å². The Labute approximate surface area is 141 Å². The monoisotopic (exact) mass is 351 g/mol. The lowest BCUT2D eigenvalue weighted by molar-refractivity contribution is 0.0934. The van der Waals surface area contributed by atoms with Crippen LogP contribution in [0.25, 0.3) is 0 Å². The largest absolute Gasteiger partial charge is 0.298 e. The molecule has 0 radical (unpaired) electrons. The van der Waals surface area contributed by atoms with Gasteiger partial charge in [-0.15, -0.1) is 0 Å². The maximum atomic E-state index is 13.0. The molecule has 0 saturated carbocycles. The number of hydrogen-bond donors (Lipinski definition) is 3. The van der Waals surface area contributed by atoms with Crippen molar-refractivity contribution in [2.75, 3.05) is 0 Å². The molecule has 23 heavy (non-hydrogen) atoms. The fourth-order valence-corrected chi connectivity index (χ4v) is 1.89. The van der Waals surface area contributed by atoms with Crippen molar-refractivity contribution in [1.29, 1.82) is 0 Å². The summed E-state index contributed by atoms with van der Waals surface area (Å²) < 4.78 is 13.0. The van der Waals surface area contributed by atoms with Gasteiger partial charge in [-0.05, 0) is 54.7 Å². The van der Waals surface area contributed by atoms with Crippen LogP contribution < -0.4 is 16.2 Å². The number of amides is 2. The van der Waals surface area contributed by atoms with Crippen molar-refractivity contribution in [1.82, 2.24) is 16.2 Å². The van der Waals surface area contributed by atoms with Gasteiger partial charge < -0.3 is 0 Å². The van der Waals surface area contributed by atoms with E-state index in [0.29, 0.717) is 10.6 Å². The molecule has 0 bridgehead atoms. The van der Waals surface area contributed by atoms with Gasteiger partial charge in [-0.25, -0.2) is 4.39 Å². The van der Waals surface area contributed by atoms with E-state index < -0.39 is 17.6 Å². The minimum atomic E-state index is -0.595. The molecule has 8 heteroatoms. The highest BCUT2D eigenvalue weighted by atomic mass is 35.5. The molecule has 2 aromatic carbocycles. The summed E-state index contributed by atoms with van der Waals surface area (Å²) in [6.07, 6.45) is 0. The SMILES string of the molecule is O=C(NNC(=S)NC(=O)c1cccc(F)c1)c1ccc(Cl)cc1.